The van der Waals surface area contributed by atoms with Crippen molar-refractivity contribution in [2.75, 3.05) is 19.4 Å². The van der Waals surface area contributed by atoms with Gasteiger partial charge in [0.05, 0.1) is 6.10 Å². The predicted octanol–water partition coefficient (Wildman–Crippen LogP) is 3.98. The maximum Gasteiger partial charge on any atom is 0.0576 e. The van der Waals surface area contributed by atoms with Crippen molar-refractivity contribution < 1.29 is 4.74 Å². The number of benzene rings is 1. The van der Waals surface area contributed by atoms with Crippen molar-refractivity contribution in [2.24, 2.45) is 0 Å². The third-order valence-electron chi connectivity index (χ3n) is 3.53. The van der Waals surface area contributed by atoms with E-state index in [1.165, 1.54) is 30.6 Å². The number of thioether (sulfide) groups is 1. The van der Waals surface area contributed by atoms with Crippen molar-refractivity contribution in [1.29, 1.82) is 0 Å². The van der Waals surface area contributed by atoms with Gasteiger partial charge in [-0.25, -0.2) is 0 Å². The third kappa shape index (κ3) is 5.35. The van der Waals surface area contributed by atoms with E-state index >= 15 is 0 Å². The van der Waals surface area contributed by atoms with E-state index in [1.54, 1.807) is 0 Å². The first-order valence-electron chi connectivity index (χ1n) is 6.95. The third-order valence-corrected chi connectivity index (χ3v) is 4.96. The predicted molar refractivity (Wildman–Crippen MR) is 83.2 cm³/mol. The van der Waals surface area contributed by atoms with E-state index in [0.717, 1.165) is 17.4 Å². The fourth-order valence-corrected chi connectivity index (χ4v) is 3.48. The first-order chi connectivity index (χ1) is 9.28. The largest absolute Gasteiger partial charge is 0.378 e. The monoisotopic (exact) mass is 299 g/mol. The summed E-state index contributed by atoms with van der Waals surface area (Å²) in [6, 6.07) is 8.61. The molecule has 0 saturated carbocycles. The second kappa shape index (κ2) is 8.15. The number of nitrogens with one attached hydrogen (secondary N) is 1. The first-order valence-corrected chi connectivity index (χ1v) is 8.31. The number of hydrogen-bond acceptors (Lipinski definition) is 3. The van der Waals surface area contributed by atoms with E-state index in [0.29, 0.717) is 12.1 Å². The summed E-state index contributed by atoms with van der Waals surface area (Å²) in [5.74, 6) is 1.09. The van der Waals surface area contributed by atoms with Crippen LogP contribution in [-0.2, 0) is 4.74 Å². The molecule has 0 aromatic heterocycles. The first kappa shape index (κ1) is 15.2. The molecule has 1 aliphatic rings. The van der Waals surface area contributed by atoms with Crippen molar-refractivity contribution in [1.82, 2.24) is 5.32 Å². The summed E-state index contributed by atoms with van der Waals surface area (Å²) in [5.41, 5.74) is 0. The van der Waals surface area contributed by atoms with E-state index in [2.05, 4.69) is 17.4 Å². The van der Waals surface area contributed by atoms with Gasteiger partial charge in [0.15, 0.2) is 0 Å². The Bertz CT molecular complexity index is 365. The summed E-state index contributed by atoms with van der Waals surface area (Å²) in [5, 5.41) is 4.20. The molecule has 1 saturated heterocycles. The minimum atomic E-state index is 0.497. The molecule has 2 rings (SSSR count). The molecule has 0 aliphatic carbocycles. The van der Waals surface area contributed by atoms with Crippen LogP contribution in [0.25, 0.3) is 0 Å². The number of rotatable bonds is 7. The summed E-state index contributed by atoms with van der Waals surface area (Å²) < 4.78 is 5.67. The van der Waals surface area contributed by atoms with Gasteiger partial charge in [-0.2, -0.15) is 0 Å². The molecule has 1 aromatic carbocycles. The van der Waals surface area contributed by atoms with Gasteiger partial charge in [-0.05, 0) is 57.0 Å². The molecule has 1 fully saturated rings. The minimum Gasteiger partial charge on any atom is -0.378 e. The van der Waals surface area contributed by atoms with Crippen LogP contribution in [0.15, 0.2) is 29.2 Å². The van der Waals surface area contributed by atoms with Crippen LogP contribution < -0.4 is 5.32 Å². The number of hydrogen-bond donors (Lipinski definition) is 1. The highest BCUT2D eigenvalue weighted by molar-refractivity contribution is 7.99. The SMILES string of the molecule is CNC(CCC1CCCO1)CSc1ccc(Cl)cc1. The Labute approximate surface area is 125 Å². The molecule has 0 radical (unpaired) electrons. The van der Waals surface area contributed by atoms with E-state index < -0.39 is 0 Å². The van der Waals surface area contributed by atoms with Crippen molar-refractivity contribution in [3.63, 3.8) is 0 Å². The fourth-order valence-electron chi connectivity index (χ4n) is 2.30. The number of ether oxygens (including phenoxy) is 1. The molecule has 1 aromatic rings. The average Bonchev–Trinajstić information content (AvgIpc) is 2.94. The van der Waals surface area contributed by atoms with Crippen LogP contribution >= 0.6 is 23.4 Å². The van der Waals surface area contributed by atoms with Crippen molar-refractivity contribution in [2.45, 2.75) is 42.7 Å². The van der Waals surface area contributed by atoms with Gasteiger partial charge in [-0.1, -0.05) is 11.6 Å². The Kier molecular flexibility index (Phi) is 6.51. The van der Waals surface area contributed by atoms with Gasteiger partial charge >= 0.3 is 0 Å². The van der Waals surface area contributed by atoms with Gasteiger partial charge < -0.3 is 10.1 Å². The van der Waals surface area contributed by atoms with E-state index in [9.17, 15) is 0 Å². The second-order valence-corrected chi connectivity index (χ2v) is 6.49. The van der Waals surface area contributed by atoms with Crippen LogP contribution in [0.4, 0.5) is 0 Å². The maximum absolute atomic E-state index is 5.89. The summed E-state index contributed by atoms with van der Waals surface area (Å²) in [7, 11) is 2.04. The van der Waals surface area contributed by atoms with E-state index in [-0.39, 0.29) is 0 Å². The zero-order chi connectivity index (χ0) is 13.5. The lowest BCUT2D eigenvalue weighted by atomic mass is 10.1. The lowest BCUT2D eigenvalue weighted by Crippen LogP contribution is -2.28. The van der Waals surface area contributed by atoms with Gasteiger partial charge in [0.2, 0.25) is 0 Å². The Morgan fingerprint density at radius 2 is 2.21 bits per heavy atom. The maximum atomic E-state index is 5.89. The molecule has 1 aliphatic heterocycles. The molecular formula is C15H22ClNOS. The molecule has 0 bridgehead atoms. The second-order valence-electron chi connectivity index (χ2n) is 4.96. The summed E-state index contributed by atoms with van der Waals surface area (Å²) in [6.07, 6.45) is 5.32. The normalized spacial score (nSPS) is 20.6. The molecule has 2 unspecified atom stereocenters. The molecule has 0 spiro atoms. The lowest BCUT2D eigenvalue weighted by Gasteiger charge is -2.18. The summed E-state index contributed by atoms with van der Waals surface area (Å²) >= 11 is 7.77. The number of halogens is 1. The van der Waals surface area contributed by atoms with Crippen LogP contribution in [0.1, 0.15) is 25.7 Å². The smallest absolute Gasteiger partial charge is 0.0576 e. The highest BCUT2D eigenvalue weighted by Crippen LogP contribution is 2.23. The molecule has 0 amide bonds. The molecule has 2 nitrogen and oxygen atoms in total. The van der Waals surface area contributed by atoms with Crippen LogP contribution in [-0.4, -0.2) is 31.6 Å². The van der Waals surface area contributed by atoms with Crippen LogP contribution in [0.3, 0.4) is 0 Å². The Balaban J connectivity index is 1.70. The highest BCUT2D eigenvalue weighted by atomic mass is 35.5. The molecular weight excluding hydrogens is 278 g/mol. The summed E-state index contributed by atoms with van der Waals surface area (Å²) in [6.45, 7) is 0.953. The van der Waals surface area contributed by atoms with Crippen LogP contribution in [0.5, 0.6) is 0 Å². The highest BCUT2D eigenvalue weighted by Gasteiger charge is 2.17. The Morgan fingerprint density at radius 1 is 1.42 bits per heavy atom. The average molecular weight is 300 g/mol. The van der Waals surface area contributed by atoms with Crippen LogP contribution in [0, 0.1) is 0 Å². The van der Waals surface area contributed by atoms with Crippen LogP contribution in [0.2, 0.25) is 5.02 Å². The van der Waals surface area contributed by atoms with Gasteiger partial charge in [0.1, 0.15) is 0 Å². The Morgan fingerprint density at radius 3 is 2.84 bits per heavy atom. The molecule has 106 valence electrons. The van der Waals surface area contributed by atoms with E-state index in [1.807, 2.05) is 30.9 Å². The zero-order valence-electron chi connectivity index (χ0n) is 11.4. The lowest BCUT2D eigenvalue weighted by molar-refractivity contribution is 0.100. The molecule has 1 N–H and O–H groups in total. The van der Waals surface area contributed by atoms with Gasteiger partial charge in [-0.15, -0.1) is 11.8 Å². The standard InChI is InChI=1S/C15H22ClNOS/c1-17-13(6-7-14-3-2-10-18-14)11-19-15-8-4-12(16)5-9-15/h4-5,8-9,13-14,17H,2-3,6-7,10-11H2,1H3. The van der Waals surface area contributed by atoms with Crippen molar-refractivity contribution in [3.8, 4) is 0 Å². The Hall–Kier alpha value is -0.220. The summed E-state index contributed by atoms with van der Waals surface area (Å²) in [4.78, 5) is 1.28. The van der Waals surface area contributed by atoms with Gasteiger partial charge in [0.25, 0.3) is 0 Å². The van der Waals surface area contributed by atoms with Crippen molar-refractivity contribution in [3.05, 3.63) is 29.3 Å². The van der Waals surface area contributed by atoms with Crippen molar-refractivity contribution >= 4 is 23.4 Å². The molecule has 19 heavy (non-hydrogen) atoms. The topological polar surface area (TPSA) is 21.3 Å². The molecule has 1 heterocycles. The fraction of sp³-hybridized carbons (Fsp3) is 0.600. The van der Waals surface area contributed by atoms with Gasteiger partial charge in [-0.3, -0.25) is 0 Å². The molecule has 4 heteroatoms. The minimum absolute atomic E-state index is 0.497. The zero-order valence-corrected chi connectivity index (χ0v) is 13.0. The van der Waals surface area contributed by atoms with E-state index in [4.69, 9.17) is 16.3 Å². The quantitative estimate of drug-likeness (QED) is 0.770. The van der Waals surface area contributed by atoms with Gasteiger partial charge in [0, 0.05) is 28.3 Å². The molecule has 2 atom stereocenters.